The molecule has 1 aromatic carbocycles. The second kappa shape index (κ2) is 14.1. The Bertz CT molecular complexity index is 648. The number of rotatable bonds is 9. The Hall–Kier alpha value is -1.91. The Labute approximate surface area is 191 Å². The fourth-order valence-corrected chi connectivity index (χ4v) is 2.29. The molecule has 29 heavy (non-hydrogen) atoms. The smallest absolute Gasteiger partial charge is 0.407 e. The van der Waals surface area contributed by atoms with Crippen LogP contribution in [-0.2, 0) is 11.3 Å². The molecule has 1 aromatic rings. The van der Waals surface area contributed by atoms with Crippen LogP contribution in [0.25, 0.3) is 0 Å². The molecular weight excluding hydrogens is 487 g/mol. The summed E-state index contributed by atoms with van der Waals surface area (Å²) < 4.78 is 15.8. The van der Waals surface area contributed by atoms with Gasteiger partial charge in [0.05, 0.1) is 20.8 Å². The Morgan fingerprint density at radius 3 is 2.28 bits per heavy atom. The molecule has 0 saturated heterocycles. The first-order valence-corrected chi connectivity index (χ1v) is 9.49. The predicted molar refractivity (Wildman–Crippen MR) is 127 cm³/mol. The molecule has 0 aliphatic heterocycles. The molecule has 1 amide bonds. The van der Waals surface area contributed by atoms with Gasteiger partial charge in [-0.15, -0.1) is 24.0 Å². The number of ether oxygens (including phenoxy) is 3. The number of nitrogens with zero attached hydrogens (tertiary/aromatic N) is 1. The predicted octanol–water partition coefficient (Wildman–Crippen LogP) is 3.29. The minimum Gasteiger partial charge on any atom is -0.493 e. The first kappa shape index (κ1) is 27.1. The van der Waals surface area contributed by atoms with Crippen LogP contribution in [0.1, 0.15) is 39.7 Å². The van der Waals surface area contributed by atoms with Gasteiger partial charge in [0.15, 0.2) is 17.5 Å². The van der Waals surface area contributed by atoms with Crippen molar-refractivity contribution in [2.24, 2.45) is 4.99 Å². The van der Waals surface area contributed by atoms with Crippen LogP contribution in [0.15, 0.2) is 23.2 Å². The highest BCUT2D eigenvalue weighted by molar-refractivity contribution is 14.0. The van der Waals surface area contributed by atoms with E-state index in [2.05, 4.69) is 20.9 Å². The number of nitrogens with one attached hydrogen (secondary N) is 3. The van der Waals surface area contributed by atoms with Gasteiger partial charge in [0, 0.05) is 19.6 Å². The standard InChI is InChI=1S/C20H34N4O4.HI/c1-7-21-18(22-11-8-12-23-19(25)28-20(2,3)4)24-14-15-9-10-16(26-5)17(13-15)27-6;/h9-10,13H,7-8,11-12,14H2,1-6H3,(H,23,25)(H2,21,22,24);1H. The molecule has 3 N–H and O–H groups in total. The van der Waals surface area contributed by atoms with Crippen molar-refractivity contribution in [3.05, 3.63) is 23.8 Å². The number of alkyl carbamates (subject to hydrolysis) is 1. The molecule has 0 aliphatic carbocycles. The lowest BCUT2D eigenvalue weighted by Crippen LogP contribution is -2.39. The summed E-state index contributed by atoms with van der Waals surface area (Å²) in [6, 6.07) is 5.74. The second-order valence-corrected chi connectivity index (χ2v) is 7.09. The Morgan fingerprint density at radius 2 is 1.69 bits per heavy atom. The number of hydrogen-bond acceptors (Lipinski definition) is 5. The summed E-state index contributed by atoms with van der Waals surface area (Å²) in [6.07, 6.45) is 0.349. The van der Waals surface area contributed by atoms with E-state index in [0.717, 1.165) is 24.5 Å². The van der Waals surface area contributed by atoms with Gasteiger partial charge in [0.1, 0.15) is 5.60 Å². The van der Waals surface area contributed by atoms with Gasteiger partial charge < -0.3 is 30.2 Å². The maximum Gasteiger partial charge on any atom is 0.407 e. The van der Waals surface area contributed by atoms with Gasteiger partial charge in [-0.25, -0.2) is 9.79 Å². The van der Waals surface area contributed by atoms with E-state index < -0.39 is 11.7 Å². The van der Waals surface area contributed by atoms with Gasteiger partial charge in [-0.05, 0) is 51.8 Å². The van der Waals surface area contributed by atoms with Crippen LogP contribution in [0, 0.1) is 0 Å². The number of aliphatic imine (C=N–C) groups is 1. The zero-order valence-electron chi connectivity index (χ0n) is 18.3. The molecule has 0 saturated carbocycles. The van der Waals surface area contributed by atoms with Crippen LogP contribution in [-0.4, -0.2) is 51.5 Å². The summed E-state index contributed by atoms with van der Waals surface area (Å²) >= 11 is 0. The van der Waals surface area contributed by atoms with Gasteiger partial charge in [-0.3, -0.25) is 0 Å². The summed E-state index contributed by atoms with van der Waals surface area (Å²) in [5.74, 6) is 2.09. The van der Waals surface area contributed by atoms with E-state index in [0.29, 0.717) is 31.1 Å². The van der Waals surface area contributed by atoms with Crippen molar-refractivity contribution in [1.82, 2.24) is 16.0 Å². The van der Waals surface area contributed by atoms with Gasteiger partial charge in [-0.2, -0.15) is 0 Å². The number of benzene rings is 1. The number of carbonyl (C=O) groups is 1. The zero-order chi connectivity index (χ0) is 21.0. The van der Waals surface area contributed by atoms with Crippen LogP contribution in [0.2, 0.25) is 0 Å². The minimum absolute atomic E-state index is 0. The Morgan fingerprint density at radius 1 is 1.03 bits per heavy atom. The molecule has 0 aromatic heterocycles. The third-order valence-corrected chi connectivity index (χ3v) is 3.53. The van der Waals surface area contributed by atoms with E-state index in [1.54, 1.807) is 14.2 Å². The number of carbonyl (C=O) groups excluding carboxylic acids is 1. The Kier molecular flexibility index (Phi) is 13.2. The topological polar surface area (TPSA) is 93.2 Å². The highest BCUT2D eigenvalue weighted by Gasteiger charge is 2.15. The van der Waals surface area contributed by atoms with Crippen molar-refractivity contribution in [1.29, 1.82) is 0 Å². The molecule has 0 aliphatic rings. The van der Waals surface area contributed by atoms with E-state index in [1.807, 2.05) is 45.9 Å². The fraction of sp³-hybridized carbons (Fsp3) is 0.600. The van der Waals surface area contributed by atoms with Gasteiger partial charge in [0.25, 0.3) is 0 Å². The molecule has 8 nitrogen and oxygen atoms in total. The van der Waals surface area contributed by atoms with Crippen molar-refractivity contribution < 1.29 is 19.0 Å². The molecule has 0 atom stereocenters. The molecule has 0 unspecified atom stereocenters. The third kappa shape index (κ3) is 11.6. The SMILES string of the molecule is CCNC(=NCc1ccc(OC)c(OC)c1)NCCCNC(=O)OC(C)(C)C.I. The van der Waals surface area contributed by atoms with Crippen molar-refractivity contribution in [2.45, 2.75) is 46.3 Å². The van der Waals surface area contributed by atoms with E-state index in [1.165, 1.54) is 0 Å². The van der Waals surface area contributed by atoms with Crippen LogP contribution < -0.4 is 25.4 Å². The lowest BCUT2D eigenvalue weighted by Gasteiger charge is -2.19. The van der Waals surface area contributed by atoms with E-state index in [9.17, 15) is 4.79 Å². The molecule has 0 bridgehead atoms. The van der Waals surface area contributed by atoms with Crippen LogP contribution in [0.4, 0.5) is 4.79 Å². The summed E-state index contributed by atoms with van der Waals surface area (Å²) in [5.41, 5.74) is 0.526. The number of amides is 1. The lowest BCUT2D eigenvalue weighted by atomic mass is 10.2. The largest absolute Gasteiger partial charge is 0.493 e. The van der Waals surface area contributed by atoms with Gasteiger partial charge >= 0.3 is 6.09 Å². The summed E-state index contributed by atoms with van der Waals surface area (Å²) in [7, 11) is 3.22. The third-order valence-electron chi connectivity index (χ3n) is 3.53. The average Bonchev–Trinajstić information content (AvgIpc) is 2.63. The molecule has 1 rings (SSSR count). The zero-order valence-corrected chi connectivity index (χ0v) is 20.6. The highest BCUT2D eigenvalue weighted by Crippen LogP contribution is 2.27. The summed E-state index contributed by atoms with van der Waals surface area (Å²) in [4.78, 5) is 16.2. The van der Waals surface area contributed by atoms with Gasteiger partial charge in [0.2, 0.25) is 0 Å². The number of guanidine groups is 1. The van der Waals surface area contributed by atoms with Crippen molar-refractivity contribution in [3.63, 3.8) is 0 Å². The van der Waals surface area contributed by atoms with E-state index >= 15 is 0 Å². The van der Waals surface area contributed by atoms with Crippen LogP contribution >= 0.6 is 24.0 Å². The average molecular weight is 522 g/mol. The van der Waals surface area contributed by atoms with Crippen molar-refractivity contribution in [3.8, 4) is 11.5 Å². The monoisotopic (exact) mass is 522 g/mol. The number of methoxy groups -OCH3 is 2. The minimum atomic E-state index is -0.489. The molecule has 166 valence electrons. The molecule has 0 radical (unpaired) electrons. The van der Waals surface area contributed by atoms with Crippen LogP contribution in [0.3, 0.4) is 0 Å². The molecule has 0 fully saturated rings. The number of halogens is 1. The number of hydrogen-bond donors (Lipinski definition) is 3. The highest BCUT2D eigenvalue weighted by atomic mass is 127. The summed E-state index contributed by atoms with van der Waals surface area (Å²) in [5, 5.41) is 9.20. The fourth-order valence-electron chi connectivity index (χ4n) is 2.29. The Balaban J connectivity index is 0.00000784. The first-order chi connectivity index (χ1) is 13.3. The first-order valence-electron chi connectivity index (χ1n) is 9.49. The van der Waals surface area contributed by atoms with E-state index in [-0.39, 0.29) is 24.0 Å². The maximum atomic E-state index is 11.6. The lowest BCUT2D eigenvalue weighted by molar-refractivity contribution is 0.0527. The van der Waals surface area contributed by atoms with Crippen molar-refractivity contribution >= 4 is 36.0 Å². The quantitative estimate of drug-likeness (QED) is 0.200. The second-order valence-electron chi connectivity index (χ2n) is 7.09. The molecule has 0 spiro atoms. The van der Waals surface area contributed by atoms with E-state index in [4.69, 9.17) is 14.2 Å². The maximum absolute atomic E-state index is 11.6. The van der Waals surface area contributed by atoms with Crippen LogP contribution in [0.5, 0.6) is 11.5 Å². The molecular formula is C20H35IN4O4. The molecule has 0 heterocycles. The van der Waals surface area contributed by atoms with Gasteiger partial charge in [-0.1, -0.05) is 6.07 Å². The normalized spacial score (nSPS) is 11.2. The molecule has 9 heteroatoms. The van der Waals surface area contributed by atoms with Crippen molar-refractivity contribution in [2.75, 3.05) is 33.9 Å². The summed E-state index contributed by atoms with van der Waals surface area (Å²) in [6.45, 7) is 9.99.